The van der Waals surface area contributed by atoms with Gasteiger partial charge in [-0.2, -0.15) is 11.8 Å². The lowest BCUT2D eigenvalue weighted by atomic mass is 10.0. The van der Waals surface area contributed by atoms with Crippen LogP contribution < -0.4 is 10.1 Å². The van der Waals surface area contributed by atoms with E-state index >= 15 is 0 Å². The molecule has 0 amide bonds. The second kappa shape index (κ2) is 9.21. The fourth-order valence-corrected chi connectivity index (χ4v) is 2.54. The van der Waals surface area contributed by atoms with Crippen LogP contribution in [0.25, 0.3) is 0 Å². The Morgan fingerprint density at radius 1 is 1.42 bits per heavy atom. The summed E-state index contributed by atoms with van der Waals surface area (Å²) in [6.07, 6.45) is 4.96. The van der Waals surface area contributed by atoms with Crippen LogP contribution in [0.2, 0.25) is 0 Å². The molecule has 0 aromatic heterocycles. The monoisotopic (exact) mass is 285 g/mol. The van der Waals surface area contributed by atoms with E-state index in [1.807, 2.05) is 23.9 Å². The van der Waals surface area contributed by atoms with Crippen LogP contribution in [0.4, 0.5) is 4.39 Å². The zero-order valence-electron chi connectivity index (χ0n) is 12.0. The van der Waals surface area contributed by atoms with Crippen molar-refractivity contribution in [2.24, 2.45) is 0 Å². The highest BCUT2D eigenvalue weighted by molar-refractivity contribution is 7.98. The van der Waals surface area contributed by atoms with Gasteiger partial charge >= 0.3 is 0 Å². The molecular weight excluding hydrogens is 261 g/mol. The second-order valence-electron chi connectivity index (χ2n) is 4.57. The summed E-state index contributed by atoms with van der Waals surface area (Å²) >= 11 is 1.83. The van der Waals surface area contributed by atoms with Gasteiger partial charge in [0.05, 0.1) is 7.11 Å². The summed E-state index contributed by atoms with van der Waals surface area (Å²) < 4.78 is 19.1. The molecule has 0 heterocycles. The maximum Gasteiger partial charge on any atom is 0.168 e. The number of hydrogen-bond donors (Lipinski definition) is 1. The van der Waals surface area contributed by atoms with Crippen molar-refractivity contribution in [3.8, 4) is 5.75 Å². The van der Waals surface area contributed by atoms with E-state index in [0.29, 0.717) is 18.2 Å². The van der Waals surface area contributed by atoms with E-state index in [1.165, 1.54) is 7.11 Å². The van der Waals surface area contributed by atoms with Gasteiger partial charge in [-0.15, -0.1) is 0 Å². The van der Waals surface area contributed by atoms with Gasteiger partial charge in [0.1, 0.15) is 0 Å². The Morgan fingerprint density at radius 3 is 2.84 bits per heavy atom. The predicted octanol–water partition coefficient (Wildman–Crippen LogP) is 3.50. The van der Waals surface area contributed by atoms with Crippen LogP contribution in [0, 0.1) is 5.82 Å². The molecule has 0 aliphatic heterocycles. The molecule has 1 rings (SSSR count). The highest BCUT2D eigenvalue weighted by atomic mass is 32.2. The minimum atomic E-state index is -0.225. The van der Waals surface area contributed by atoms with Crippen molar-refractivity contribution >= 4 is 11.8 Å². The summed E-state index contributed by atoms with van der Waals surface area (Å²) in [5.41, 5.74) is 0.731. The molecular formula is C15H24FNOS. The standard InChI is InChI=1S/C15H24FNOS/c1-4-9-17-13(8-10-19-3)11-12-6-5-7-14(18-2)15(12)16/h5-7,13,17H,4,8-11H2,1-3H3. The van der Waals surface area contributed by atoms with Crippen LogP contribution >= 0.6 is 11.8 Å². The van der Waals surface area contributed by atoms with Crippen LogP contribution in [-0.4, -0.2) is 31.7 Å². The van der Waals surface area contributed by atoms with Gasteiger partial charge in [-0.1, -0.05) is 19.1 Å². The largest absolute Gasteiger partial charge is 0.494 e. The highest BCUT2D eigenvalue weighted by Gasteiger charge is 2.14. The van der Waals surface area contributed by atoms with Crippen LogP contribution in [0.3, 0.4) is 0 Å². The zero-order valence-corrected chi connectivity index (χ0v) is 12.9. The molecule has 19 heavy (non-hydrogen) atoms. The normalized spacial score (nSPS) is 12.4. The van der Waals surface area contributed by atoms with Crippen LogP contribution in [0.5, 0.6) is 5.75 Å². The van der Waals surface area contributed by atoms with E-state index < -0.39 is 0 Å². The Morgan fingerprint density at radius 2 is 2.21 bits per heavy atom. The fraction of sp³-hybridized carbons (Fsp3) is 0.600. The Balaban J connectivity index is 2.71. The molecule has 1 N–H and O–H groups in total. The van der Waals surface area contributed by atoms with Crippen LogP contribution in [-0.2, 0) is 6.42 Å². The minimum absolute atomic E-state index is 0.225. The Labute approximate surface area is 120 Å². The molecule has 1 aromatic rings. The first-order valence-corrected chi connectivity index (χ1v) is 8.16. The first-order chi connectivity index (χ1) is 9.22. The summed E-state index contributed by atoms with van der Waals surface area (Å²) in [7, 11) is 1.50. The predicted molar refractivity (Wildman–Crippen MR) is 81.7 cm³/mol. The number of methoxy groups -OCH3 is 1. The van der Waals surface area contributed by atoms with Crippen molar-refractivity contribution < 1.29 is 9.13 Å². The van der Waals surface area contributed by atoms with Gasteiger partial charge in [-0.05, 0) is 49.4 Å². The van der Waals surface area contributed by atoms with E-state index in [2.05, 4.69) is 18.5 Å². The van der Waals surface area contributed by atoms with Gasteiger partial charge in [-0.3, -0.25) is 0 Å². The average Bonchev–Trinajstić information content (AvgIpc) is 2.43. The second-order valence-corrected chi connectivity index (χ2v) is 5.56. The van der Waals surface area contributed by atoms with E-state index in [1.54, 1.807) is 6.07 Å². The third kappa shape index (κ3) is 5.41. The Hall–Kier alpha value is -0.740. The van der Waals surface area contributed by atoms with Gasteiger partial charge in [0, 0.05) is 6.04 Å². The third-order valence-corrected chi connectivity index (χ3v) is 3.73. The number of hydrogen-bond acceptors (Lipinski definition) is 3. The quantitative estimate of drug-likeness (QED) is 0.750. The lowest BCUT2D eigenvalue weighted by Crippen LogP contribution is -2.32. The van der Waals surface area contributed by atoms with Gasteiger partial charge in [0.2, 0.25) is 0 Å². The van der Waals surface area contributed by atoms with E-state index in [-0.39, 0.29) is 5.82 Å². The number of halogens is 1. The molecule has 0 saturated heterocycles. The van der Waals surface area contributed by atoms with Crippen LogP contribution in [0.1, 0.15) is 25.3 Å². The van der Waals surface area contributed by atoms with Crippen molar-refractivity contribution in [1.29, 1.82) is 0 Å². The topological polar surface area (TPSA) is 21.3 Å². The lowest BCUT2D eigenvalue weighted by Gasteiger charge is -2.19. The van der Waals surface area contributed by atoms with Gasteiger partial charge in [-0.25, -0.2) is 4.39 Å². The fourth-order valence-electron chi connectivity index (χ4n) is 2.02. The summed E-state index contributed by atoms with van der Waals surface area (Å²) in [5.74, 6) is 1.20. The number of nitrogens with one attached hydrogen (secondary N) is 1. The van der Waals surface area contributed by atoms with Crippen LogP contribution in [0.15, 0.2) is 18.2 Å². The Bertz CT molecular complexity index is 365. The molecule has 2 nitrogen and oxygen atoms in total. The molecule has 0 bridgehead atoms. The number of thioether (sulfide) groups is 1. The smallest absolute Gasteiger partial charge is 0.168 e. The van der Waals surface area contributed by atoms with Gasteiger partial charge < -0.3 is 10.1 Å². The van der Waals surface area contributed by atoms with Crippen molar-refractivity contribution in [3.63, 3.8) is 0 Å². The Kier molecular flexibility index (Phi) is 7.91. The van der Waals surface area contributed by atoms with E-state index in [0.717, 1.165) is 30.7 Å². The maximum atomic E-state index is 14.1. The van der Waals surface area contributed by atoms with Crippen molar-refractivity contribution in [2.75, 3.05) is 25.7 Å². The summed E-state index contributed by atoms with van der Waals surface area (Å²) in [5, 5.41) is 3.50. The molecule has 1 atom stereocenters. The van der Waals surface area contributed by atoms with E-state index in [4.69, 9.17) is 4.74 Å². The molecule has 4 heteroatoms. The first kappa shape index (κ1) is 16.3. The molecule has 0 aliphatic rings. The molecule has 0 spiro atoms. The molecule has 0 saturated carbocycles. The van der Waals surface area contributed by atoms with Crippen molar-refractivity contribution in [2.45, 2.75) is 32.2 Å². The highest BCUT2D eigenvalue weighted by Crippen LogP contribution is 2.21. The third-order valence-electron chi connectivity index (χ3n) is 3.08. The minimum Gasteiger partial charge on any atom is -0.494 e. The lowest BCUT2D eigenvalue weighted by molar-refractivity contribution is 0.382. The van der Waals surface area contributed by atoms with Crippen molar-refractivity contribution in [1.82, 2.24) is 5.32 Å². The molecule has 0 aliphatic carbocycles. The maximum absolute atomic E-state index is 14.1. The molecule has 0 fully saturated rings. The molecule has 0 radical (unpaired) electrons. The van der Waals surface area contributed by atoms with Crippen molar-refractivity contribution in [3.05, 3.63) is 29.6 Å². The average molecular weight is 285 g/mol. The van der Waals surface area contributed by atoms with E-state index in [9.17, 15) is 4.39 Å². The zero-order chi connectivity index (χ0) is 14.1. The molecule has 1 aromatic carbocycles. The first-order valence-electron chi connectivity index (χ1n) is 6.76. The number of benzene rings is 1. The van der Waals surface area contributed by atoms with Gasteiger partial charge in [0.25, 0.3) is 0 Å². The summed E-state index contributed by atoms with van der Waals surface area (Å²) in [6.45, 7) is 3.12. The molecule has 1 unspecified atom stereocenters. The molecule has 108 valence electrons. The number of rotatable bonds is 9. The SMILES string of the molecule is CCCNC(CCSC)Cc1cccc(OC)c1F. The number of ether oxygens (including phenoxy) is 1. The summed E-state index contributed by atoms with van der Waals surface area (Å²) in [4.78, 5) is 0. The summed E-state index contributed by atoms with van der Waals surface area (Å²) in [6, 6.07) is 5.68. The van der Waals surface area contributed by atoms with Gasteiger partial charge in [0.15, 0.2) is 11.6 Å².